The molecule has 1 saturated heterocycles. The van der Waals surface area contributed by atoms with E-state index < -0.39 is 17.5 Å². The van der Waals surface area contributed by atoms with Crippen LogP contribution in [0, 0.1) is 28.5 Å². The quantitative estimate of drug-likeness (QED) is 0.730. The summed E-state index contributed by atoms with van der Waals surface area (Å²) < 4.78 is 17.8. The molecule has 0 radical (unpaired) electrons. The number of halogens is 1. The van der Waals surface area contributed by atoms with Crippen LogP contribution in [0.2, 0.25) is 0 Å². The summed E-state index contributed by atoms with van der Waals surface area (Å²) in [6, 6.07) is 2.56. The van der Waals surface area contributed by atoms with Crippen molar-refractivity contribution in [2.75, 3.05) is 11.4 Å². The van der Waals surface area contributed by atoms with Gasteiger partial charge in [0.25, 0.3) is 0 Å². The van der Waals surface area contributed by atoms with Gasteiger partial charge in [-0.25, -0.2) is 13.9 Å². The second-order valence-electron chi connectivity index (χ2n) is 8.28. The molecule has 8 nitrogen and oxygen atoms in total. The molecule has 5 rings (SSSR count). The lowest BCUT2D eigenvalue weighted by Gasteiger charge is -2.29. The highest BCUT2D eigenvalue weighted by Gasteiger charge is 2.56. The van der Waals surface area contributed by atoms with Crippen LogP contribution in [0.1, 0.15) is 39.2 Å². The number of hydrogen-bond donors (Lipinski definition) is 1. The Balaban J connectivity index is 1.63. The molecule has 150 valence electrons. The van der Waals surface area contributed by atoms with E-state index in [0.29, 0.717) is 24.5 Å². The van der Waals surface area contributed by atoms with E-state index in [1.165, 1.54) is 4.52 Å². The van der Waals surface area contributed by atoms with Crippen LogP contribution >= 0.6 is 0 Å². The molecule has 9 heteroatoms. The van der Waals surface area contributed by atoms with Gasteiger partial charge in [-0.05, 0) is 39.0 Å². The normalized spacial score (nSPS) is 24.6. The van der Waals surface area contributed by atoms with E-state index in [1.807, 2.05) is 24.7 Å². The molecule has 1 unspecified atom stereocenters. The standard InChI is InChI=1S/C20H22FN7O/c1-12(2)27-9-13(7-23-27)16-10-28-17(15(21)8-24-28)18(25-16)26-6-5-20(11-22,19(26)29)14-3-4-14/h7-10,12,14,19,29H,3-6H2,1-2H3/t19?,20-/m1/s1. The van der Waals surface area contributed by atoms with Gasteiger partial charge in [-0.3, -0.25) is 4.68 Å². The largest absolute Gasteiger partial charge is 0.372 e. The molecule has 0 amide bonds. The van der Waals surface area contributed by atoms with Crippen LogP contribution in [-0.2, 0) is 0 Å². The minimum atomic E-state index is -1.03. The highest BCUT2D eigenvalue weighted by Crippen LogP contribution is 2.54. The highest BCUT2D eigenvalue weighted by molar-refractivity contribution is 5.74. The van der Waals surface area contributed by atoms with Gasteiger partial charge in [-0.15, -0.1) is 0 Å². The van der Waals surface area contributed by atoms with Crippen LogP contribution in [0.3, 0.4) is 0 Å². The van der Waals surface area contributed by atoms with E-state index in [4.69, 9.17) is 4.98 Å². The van der Waals surface area contributed by atoms with Crippen molar-refractivity contribution in [3.8, 4) is 17.3 Å². The molecular formula is C20H22FN7O. The molecule has 1 aliphatic heterocycles. The average molecular weight is 395 g/mol. The molecule has 29 heavy (non-hydrogen) atoms. The summed E-state index contributed by atoms with van der Waals surface area (Å²) in [5, 5.41) is 29.4. The Bertz CT molecular complexity index is 1130. The molecule has 2 aliphatic rings. The minimum absolute atomic E-state index is 0.186. The number of rotatable bonds is 4. The van der Waals surface area contributed by atoms with Crippen molar-refractivity contribution in [3.05, 3.63) is 30.6 Å². The number of aliphatic hydroxyl groups excluding tert-OH is 1. The first-order valence-electron chi connectivity index (χ1n) is 9.89. The molecule has 2 atom stereocenters. The van der Waals surface area contributed by atoms with Crippen LogP contribution in [0.15, 0.2) is 24.8 Å². The number of nitrogens with zero attached hydrogens (tertiary/aromatic N) is 7. The van der Waals surface area contributed by atoms with E-state index in [-0.39, 0.29) is 17.5 Å². The summed E-state index contributed by atoms with van der Waals surface area (Å²) in [6.45, 7) is 4.50. The van der Waals surface area contributed by atoms with Gasteiger partial charge in [-0.1, -0.05) is 0 Å². The Morgan fingerprint density at radius 3 is 2.72 bits per heavy atom. The average Bonchev–Trinajstić information content (AvgIpc) is 3.17. The van der Waals surface area contributed by atoms with Crippen molar-refractivity contribution in [3.63, 3.8) is 0 Å². The maximum atomic E-state index is 14.6. The molecule has 0 spiro atoms. The van der Waals surface area contributed by atoms with Gasteiger partial charge >= 0.3 is 0 Å². The summed E-state index contributed by atoms with van der Waals surface area (Å²) >= 11 is 0. The van der Waals surface area contributed by atoms with Crippen molar-refractivity contribution in [2.45, 2.75) is 45.4 Å². The third kappa shape index (κ3) is 2.63. The zero-order chi connectivity index (χ0) is 20.3. The first-order chi connectivity index (χ1) is 13.9. The van der Waals surface area contributed by atoms with Crippen LogP contribution in [0.25, 0.3) is 16.8 Å². The van der Waals surface area contributed by atoms with Crippen LogP contribution in [0.4, 0.5) is 10.2 Å². The van der Waals surface area contributed by atoms with Crippen molar-refractivity contribution in [2.24, 2.45) is 11.3 Å². The van der Waals surface area contributed by atoms with Crippen LogP contribution in [-0.4, -0.2) is 42.3 Å². The third-order valence-corrected chi connectivity index (χ3v) is 6.17. The van der Waals surface area contributed by atoms with Gasteiger partial charge in [0.15, 0.2) is 11.6 Å². The van der Waals surface area contributed by atoms with E-state index in [1.54, 1.807) is 17.3 Å². The Morgan fingerprint density at radius 2 is 2.07 bits per heavy atom. The van der Waals surface area contributed by atoms with Crippen molar-refractivity contribution >= 4 is 11.3 Å². The number of aliphatic hydroxyl groups is 1. The van der Waals surface area contributed by atoms with Gasteiger partial charge in [0.05, 0.1) is 30.4 Å². The van der Waals surface area contributed by atoms with Gasteiger partial charge < -0.3 is 10.0 Å². The van der Waals surface area contributed by atoms with Crippen molar-refractivity contribution in [1.82, 2.24) is 24.4 Å². The summed E-state index contributed by atoms with van der Waals surface area (Å²) in [4.78, 5) is 6.34. The molecule has 0 aromatic carbocycles. The smallest absolute Gasteiger partial charge is 0.172 e. The number of fused-ring (bicyclic) bond motifs is 1. The third-order valence-electron chi connectivity index (χ3n) is 6.17. The van der Waals surface area contributed by atoms with E-state index in [2.05, 4.69) is 16.3 Å². The Hall–Kier alpha value is -2.99. The lowest BCUT2D eigenvalue weighted by molar-refractivity contribution is 0.0778. The first-order valence-corrected chi connectivity index (χ1v) is 9.89. The molecule has 4 heterocycles. The maximum Gasteiger partial charge on any atom is 0.172 e. The van der Waals surface area contributed by atoms with E-state index in [9.17, 15) is 14.8 Å². The minimum Gasteiger partial charge on any atom is -0.372 e. The number of aromatic nitrogens is 5. The van der Waals surface area contributed by atoms with Crippen molar-refractivity contribution in [1.29, 1.82) is 5.26 Å². The molecule has 0 bridgehead atoms. The predicted molar refractivity (Wildman–Crippen MR) is 103 cm³/mol. The Labute approximate surface area is 167 Å². The molecule has 3 aromatic rings. The Kier molecular flexibility index (Phi) is 3.90. The fourth-order valence-electron chi connectivity index (χ4n) is 4.33. The SMILES string of the molecule is CC(C)n1cc(-c2cn3ncc(F)c3c(N3CC[C@@](C#N)(C4CC4)C3O)n2)cn1. The lowest BCUT2D eigenvalue weighted by atomic mass is 9.82. The molecule has 3 aromatic heterocycles. The Morgan fingerprint density at radius 1 is 1.28 bits per heavy atom. The topological polar surface area (TPSA) is 95.3 Å². The summed E-state index contributed by atoms with van der Waals surface area (Å²) in [5.41, 5.74) is 0.734. The molecule has 1 saturated carbocycles. The summed E-state index contributed by atoms with van der Waals surface area (Å²) in [5.74, 6) is -0.0178. The number of anilines is 1. The number of hydrogen-bond acceptors (Lipinski definition) is 6. The van der Waals surface area contributed by atoms with Gasteiger partial charge in [0.2, 0.25) is 0 Å². The summed E-state index contributed by atoms with van der Waals surface area (Å²) in [6.07, 6.45) is 7.78. The van der Waals surface area contributed by atoms with Crippen LogP contribution in [0.5, 0.6) is 0 Å². The zero-order valence-electron chi connectivity index (χ0n) is 16.3. The van der Waals surface area contributed by atoms with E-state index >= 15 is 0 Å². The fraction of sp³-hybridized carbons (Fsp3) is 0.500. The molecule has 1 aliphatic carbocycles. The second-order valence-corrected chi connectivity index (χ2v) is 8.28. The fourth-order valence-corrected chi connectivity index (χ4v) is 4.33. The molecular weight excluding hydrogens is 373 g/mol. The second kappa shape index (κ2) is 6.26. The maximum absolute atomic E-state index is 14.6. The predicted octanol–water partition coefficient (Wildman–Crippen LogP) is 2.76. The highest BCUT2D eigenvalue weighted by atomic mass is 19.1. The van der Waals surface area contributed by atoms with Crippen molar-refractivity contribution < 1.29 is 9.50 Å². The van der Waals surface area contributed by atoms with Gasteiger partial charge in [0.1, 0.15) is 17.2 Å². The van der Waals surface area contributed by atoms with Crippen LogP contribution < -0.4 is 4.90 Å². The first kappa shape index (κ1) is 18.1. The molecule has 1 N–H and O–H groups in total. The molecule has 2 fully saturated rings. The zero-order valence-corrected chi connectivity index (χ0v) is 16.3. The van der Waals surface area contributed by atoms with E-state index in [0.717, 1.165) is 24.6 Å². The lowest BCUT2D eigenvalue weighted by Crippen LogP contribution is -2.41. The number of nitriles is 1. The monoisotopic (exact) mass is 395 g/mol. The summed E-state index contributed by atoms with van der Waals surface area (Å²) in [7, 11) is 0. The van der Waals surface area contributed by atoms with Gasteiger partial charge in [0, 0.05) is 24.3 Å². The van der Waals surface area contributed by atoms with Gasteiger partial charge in [-0.2, -0.15) is 15.5 Å².